The van der Waals surface area contributed by atoms with E-state index in [4.69, 9.17) is 0 Å². The van der Waals surface area contributed by atoms with Gasteiger partial charge in [-0.2, -0.15) is 0 Å². The molecule has 6 heteroatoms. The number of sulfonamides is 1. The Morgan fingerprint density at radius 3 is 2.62 bits per heavy atom. The summed E-state index contributed by atoms with van der Waals surface area (Å²) >= 11 is 3.34. The minimum atomic E-state index is -3.42. The zero-order chi connectivity index (χ0) is 15.5. The van der Waals surface area contributed by atoms with Crippen molar-refractivity contribution in [3.05, 3.63) is 34.3 Å². The molecule has 1 aliphatic carbocycles. The first-order chi connectivity index (χ1) is 9.87. The van der Waals surface area contributed by atoms with Crippen LogP contribution in [0.2, 0.25) is 0 Å². The summed E-state index contributed by atoms with van der Waals surface area (Å²) in [7, 11) is -3.42. The highest BCUT2D eigenvalue weighted by atomic mass is 79.9. The highest BCUT2D eigenvalue weighted by Gasteiger charge is 2.44. The van der Waals surface area contributed by atoms with Crippen molar-refractivity contribution in [1.29, 1.82) is 0 Å². The van der Waals surface area contributed by atoms with E-state index in [2.05, 4.69) is 20.7 Å². The number of halogens is 2. The van der Waals surface area contributed by atoms with Crippen molar-refractivity contribution in [2.75, 3.05) is 5.75 Å². The molecule has 0 aliphatic heterocycles. The zero-order valence-corrected chi connectivity index (χ0v) is 14.5. The second-order valence-corrected chi connectivity index (χ2v) is 8.39. The fourth-order valence-electron chi connectivity index (χ4n) is 2.90. The van der Waals surface area contributed by atoms with E-state index >= 15 is 4.39 Å². The maximum atomic E-state index is 15.5. The van der Waals surface area contributed by atoms with Gasteiger partial charge in [0.15, 0.2) is 5.67 Å². The van der Waals surface area contributed by atoms with Crippen molar-refractivity contribution in [3.63, 3.8) is 0 Å². The van der Waals surface area contributed by atoms with Crippen LogP contribution in [0.15, 0.2) is 28.7 Å². The lowest BCUT2D eigenvalue weighted by atomic mass is 9.78. The Balaban J connectivity index is 2.27. The van der Waals surface area contributed by atoms with E-state index in [-0.39, 0.29) is 5.75 Å². The summed E-state index contributed by atoms with van der Waals surface area (Å²) in [5.74, 6) is 0.0416. The fourth-order valence-corrected chi connectivity index (χ4v) is 4.56. The van der Waals surface area contributed by atoms with E-state index in [0.717, 1.165) is 17.3 Å². The van der Waals surface area contributed by atoms with E-state index < -0.39 is 21.7 Å². The van der Waals surface area contributed by atoms with Crippen molar-refractivity contribution in [1.82, 2.24) is 4.72 Å². The first-order valence-electron chi connectivity index (χ1n) is 7.32. The third kappa shape index (κ3) is 4.05. The molecule has 21 heavy (non-hydrogen) atoms. The van der Waals surface area contributed by atoms with Crippen LogP contribution in [0.4, 0.5) is 4.39 Å². The molecule has 1 N–H and O–H groups in total. The Morgan fingerprint density at radius 1 is 1.33 bits per heavy atom. The van der Waals surface area contributed by atoms with Crippen LogP contribution in [-0.4, -0.2) is 20.2 Å². The lowest BCUT2D eigenvalue weighted by Crippen LogP contribution is -2.50. The van der Waals surface area contributed by atoms with Gasteiger partial charge < -0.3 is 0 Å². The van der Waals surface area contributed by atoms with Crippen LogP contribution in [0.25, 0.3) is 0 Å². The standard InChI is InChI=1S/C15H21BrFNO2S/c1-2-11-21(19,20)18-14-5-3-4-10-15(14,17)12-6-8-13(16)9-7-12/h6-9,14,18H,2-5,10-11H2,1H3. The number of rotatable bonds is 5. The van der Waals surface area contributed by atoms with Gasteiger partial charge >= 0.3 is 0 Å². The van der Waals surface area contributed by atoms with Crippen LogP contribution in [-0.2, 0) is 15.7 Å². The second kappa shape index (κ2) is 6.75. The first-order valence-corrected chi connectivity index (χ1v) is 9.77. The van der Waals surface area contributed by atoms with Crippen LogP contribution in [0.1, 0.15) is 44.6 Å². The molecule has 0 saturated heterocycles. The molecular formula is C15H21BrFNO2S. The average molecular weight is 378 g/mol. The van der Waals surface area contributed by atoms with Gasteiger partial charge in [-0.15, -0.1) is 0 Å². The summed E-state index contributed by atoms with van der Waals surface area (Å²) in [6.07, 6.45) is 3.04. The third-order valence-corrected chi connectivity index (χ3v) is 6.07. The van der Waals surface area contributed by atoms with Crippen molar-refractivity contribution in [2.24, 2.45) is 0 Å². The normalized spacial score (nSPS) is 26.7. The minimum absolute atomic E-state index is 0.0416. The number of hydrogen-bond donors (Lipinski definition) is 1. The number of hydrogen-bond acceptors (Lipinski definition) is 2. The van der Waals surface area contributed by atoms with Gasteiger partial charge in [0.25, 0.3) is 0 Å². The van der Waals surface area contributed by atoms with Crippen molar-refractivity contribution in [2.45, 2.75) is 50.7 Å². The molecule has 0 radical (unpaired) electrons. The Bertz CT molecular complexity index is 576. The Labute approximate surface area is 134 Å². The molecule has 3 nitrogen and oxygen atoms in total. The molecule has 1 aromatic carbocycles. The quantitative estimate of drug-likeness (QED) is 0.845. The van der Waals surface area contributed by atoms with Crippen LogP contribution in [0, 0.1) is 0 Å². The molecule has 0 aromatic heterocycles. The van der Waals surface area contributed by atoms with Crippen molar-refractivity contribution < 1.29 is 12.8 Å². The zero-order valence-electron chi connectivity index (χ0n) is 12.1. The first kappa shape index (κ1) is 16.9. The van der Waals surface area contributed by atoms with E-state index in [0.29, 0.717) is 24.8 Å². The fraction of sp³-hybridized carbons (Fsp3) is 0.600. The molecule has 0 heterocycles. The van der Waals surface area contributed by atoms with Crippen LogP contribution in [0.5, 0.6) is 0 Å². The molecule has 0 amide bonds. The Morgan fingerprint density at radius 2 is 2.00 bits per heavy atom. The monoisotopic (exact) mass is 377 g/mol. The van der Waals surface area contributed by atoms with Crippen LogP contribution < -0.4 is 4.72 Å². The molecule has 2 rings (SSSR count). The summed E-state index contributed by atoms with van der Waals surface area (Å²) < 4.78 is 43.0. The molecule has 1 aromatic rings. The topological polar surface area (TPSA) is 46.2 Å². The minimum Gasteiger partial charge on any atom is -0.237 e. The smallest absolute Gasteiger partial charge is 0.211 e. The Hall–Kier alpha value is -0.460. The number of nitrogens with one attached hydrogen (secondary N) is 1. The summed E-state index contributed by atoms with van der Waals surface area (Å²) in [5, 5.41) is 0. The van der Waals surface area contributed by atoms with Gasteiger partial charge in [-0.3, -0.25) is 0 Å². The summed E-state index contributed by atoms with van der Waals surface area (Å²) in [4.78, 5) is 0. The van der Waals surface area contributed by atoms with Gasteiger partial charge in [0.2, 0.25) is 10.0 Å². The lowest BCUT2D eigenvalue weighted by Gasteiger charge is -2.38. The van der Waals surface area contributed by atoms with E-state index in [1.54, 1.807) is 31.2 Å². The molecule has 2 atom stereocenters. The highest BCUT2D eigenvalue weighted by Crippen LogP contribution is 2.41. The van der Waals surface area contributed by atoms with Crippen molar-refractivity contribution >= 4 is 26.0 Å². The second-order valence-electron chi connectivity index (χ2n) is 5.60. The number of benzene rings is 1. The molecule has 1 aliphatic rings. The molecular weight excluding hydrogens is 357 g/mol. The largest absolute Gasteiger partial charge is 0.237 e. The van der Waals surface area contributed by atoms with Gasteiger partial charge in [0.05, 0.1) is 11.8 Å². The average Bonchev–Trinajstić information content (AvgIpc) is 2.42. The molecule has 2 unspecified atom stereocenters. The molecule has 0 spiro atoms. The van der Waals surface area contributed by atoms with Gasteiger partial charge in [-0.25, -0.2) is 17.5 Å². The van der Waals surface area contributed by atoms with E-state index in [1.165, 1.54) is 0 Å². The van der Waals surface area contributed by atoms with Crippen molar-refractivity contribution in [3.8, 4) is 0 Å². The van der Waals surface area contributed by atoms with Gasteiger partial charge in [-0.05, 0) is 43.4 Å². The lowest BCUT2D eigenvalue weighted by molar-refractivity contribution is 0.0713. The SMILES string of the molecule is CCCS(=O)(=O)NC1CCCCC1(F)c1ccc(Br)cc1. The number of alkyl halides is 1. The summed E-state index contributed by atoms with van der Waals surface area (Å²) in [5.41, 5.74) is -1.07. The molecule has 1 fully saturated rings. The maximum absolute atomic E-state index is 15.5. The highest BCUT2D eigenvalue weighted by molar-refractivity contribution is 9.10. The maximum Gasteiger partial charge on any atom is 0.211 e. The summed E-state index contributed by atoms with van der Waals surface area (Å²) in [6.45, 7) is 1.80. The third-order valence-electron chi connectivity index (χ3n) is 3.95. The van der Waals surface area contributed by atoms with E-state index in [1.807, 2.05) is 0 Å². The van der Waals surface area contributed by atoms with Crippen LogP contribution in [0.3, 0.4) is 0 Å². The predicted octanol–water partition coefficient (Wildman–Crippen LogP) is 3.89. The Kier molecular flexibility index (Phi) is 5.43. The molecule has 118 valence electrons. The van der Waals surface area contributed by atoms with Gasteiger partial charge in [-0.1, -0.05) is 41.4 Å². The van der Waals surface area contributed by atoms with E-state index in [9.17, 15) is 8.42 Å². The molecule has 0 bridgehead atoms. The summed E-state index contributed by atoms with van der Waals surface area (Å²) in [6, 6.07) is 6.38. The molecule has 1 saturated carbocycles. The predicted molar refractivity (Wildman–Crippen MR) is 86.4 cm³/mol. The van der Waals surface area contributed by atoms with Gasteiger partial charge in [0.1, 0.15) is 0 Å². The van der Waals surface area contributed by atoms with Gasteiger partial charge in [0, 0.05) is 4.47 Å². The van der Waals surface area contributed by atoms with Crippen LogP contribution >= 0.6 is 15.9 Å².